The van der Waals surface area contributed by atoms with Gasteiger partial charge in [0.15, 0.2) is 0 Å². The number of carbonyl (C=O) groups is 1. The van der Waals surface area contributed by atoms with Crippen LogP contribution in [0.2, 0.25) is 0 Å². The van der Waals surface area contributed by atoms with Crippen molar-refractivity contribution in [1.29, 1.82) is 0 Å². The highest BCUT2D eigenvalue weighted by Gasteiger charge is 2.25. The predicted octanol–water partition coefficient (Wildman–Crippen LogP) is 4.45. The number of rotatable bonds is 6. The van der Waals surface area contributed by atoms with Gasteiger partial charge < -0.3 is 9.80 Å². The number of piperazine rings is 1. The molecule has 200 valence electrons. The Hall–Kier alpha value is -4.05. The van der Waals surface area contributed by atoms with Gasteiger partial charge >= 0.3 is 0 Å². The fourth-order valence-electron chi connectivity index (χ4n) is 5.43. The van der Waals surface area contributed by atoms with Gasteiger partial charge in [0.25, 0.3) is 15.9 Å². The first-order valence-corrected chi connectivity index (χ1v) is 14.8. The van der Waals surface area contributed by atoms with Crippen LogP contribution in [-0.2, 0) is 10.0 Å². The molecule has 9 nitrogen and oxygen atoms in total. The molecule has 0 radical (unpaired) electrons. The highest BCUT2D eigenvalue weighted by Crippen LogP contribution is 2.33. The summed E-state index contributed by atoms with van der Waals surface area (Å²) in [6.45, 7) is 2.51. The summed E-state index contributed by atoms with van der Waals surface area (Å²) in [6, 6.07) is 15.2. The Balaban J connectivity index is 1.07. The fourth-order valence-corrected chi connectivity index (χ4v) is 6.67. The van der Waals surface area contributed by atoms with Gasteiger partial charge in [-0.15, -0.1) is 0 Å². The Labute approximate surface area is 228 Å². The number of fused-ring (bicyclic) bond motifs is 1. The molecule has 2 fully saturated rings. The van der Waals surface area contributed by atoms with E-state index in [9.17, 15) is 13.2 Å². The van der Waals surface area contributed by atoms with Crippen molar-refractivity contribution in [3.8, 4) is 0 Å². The number of sulfonamides is 1. The van der Waals surface area contributed by atoms with E-state index >= 15 is 0 Å². The summed E-state index contributed by atoms with van der Waals surface area (Å²) in [5.41, 5.74) is 2.39. The van der Waals surface area contributed by atoms with Crippen LogP contribution in [0.15, 0.2) is 78.1 Å². The van der Waals surface area contributed by atoms with Crippen molar-refractivity contribution in [3.05, 3.63) is 84.4 Å². The van der Waals surface area contributed by atoms with Gasteiger partial charge in [-0.1, -0.05) is 31.0 Å². The van der Waals surface area contributed by atoms with Gasteiger partial charge in [-0.3, -0.25) is 19.5 Å². The minimum absolute atomic E-state index is 0.0787. The number of anilines is 2. The van der Waals surface area contributed by atoms with Crippen molar-refractivity contribution in [3.63, 3.8) is 0 Å². The number of hydrogen-bond donors (Lipinski definition) is 1. The minimum Gasteiger partial charge on any atom is -0.352 e. The summed E-state index contributed by atoms with van der Waals surface area (Å²) >= 11 is 0. The number of carbonyl (C=O) groups excluding carboxylic acids is 1. The van der Waals surface area contributed by atoms with E-state index in [-0.39, 0.29) is 10.8 Å². The zero-order valence-corrected chi connectivity index (χ0v) is 22.3. The molecule has 4 aromatic rings. The van der Waals surface area contributed by atoms with Crippen LogP contribution in [-0.4, -0.2) is 60.4 Å². The molecule has 1 N–H and O–H groups in total. The summed E-state index contributed by atoms with van der Waals surface area (Å²) in [5.74, 6) is 1.31. The molecule has 2 aliphatic rings. The maximum absolute atomic E-state index is 13.1. The third kappa shape index (κ3) is 5.29. The highest BCUT2D eigenvalue weighted by atomic mass is 32.2. The molecule has 10 heteroatoms. The third-order valence-corrected chi connectivity index (χ3v) is 9.00. The van der Waals surface area contributed by atoms with Crippen LogP contribution in [0.3, 0.4) is 0 Å². The number of nitrogens with one attached hydrogen (secondary N) is 1. The van der Waals surface area contributed by atoms with E-state index in [0.717, 1.165) is 16.9 Å². The molecule has 1 amide bonds. The van der Waals surface area contributed by atoms with Crippen LogP contribution in [0, 0.1) is 0 Å². The topological polar surface area (TPSA) is 108 Å². The van der Waals surface area contributed by atoms with Crippen molar-refractivity contribution in [2.75, 3.05) is 35.8 Å². The van der Waals surface area contributed by atoms with Crippen LogP contribution in [0.5, 0.6) is 0 Å². The fraction of sp³-hybridized carbons (Fsp3) is 0.310. The van der Waals surface area contributed by atoms with E-state index in [1.807, 2.05) is 29.4 Å². The quantitative estimate of drug-likeness (QED) is 0.384. The number of aromatic nitrogens is 3. The van der Waals surface area contributed by atoms with Gasteiger partial charge in [-0.05, 0) is 49.2 Å². The van der Waals surface area contributed by atoms with E-state index in [1.165, 1.54) is 31.7 Å². The van der Waals surface area contributed by atoms with Gasteiger partial charge in [-0.2, -0.15) is 0 Å². The maximum atomic E-state index is 13.1. The smallest absolute Gasteiger partial charge is 0.264 e. The number of amides is 1. The molecule has 1 aliphatic heterocycles. The average Bonchev–Trinajstić information content (AvgIpc) is 3.52. The Morgan fingerprint density at radius 3 is 2.31 bits per heavy atom. The molecular weight excluding hydrogens is 512 g/mol. The lowest BCUT2D eigenvalue weighted by Crippen LogP contribution is -2.49. The van der Waals surface area contributed by atoms with Crippen molar-refractivity contribution in [2.24, 2.45) is 0 Å². The standard InChI is InChI=1S/C29H30N6O3S/c36-29(35-17-15-34(16-18-35)27-20-31-25(19-32-27)21-5-1-2-6-21)23-10-12-24(13-11-23)33-39(37,38)26-9-3-7-22-8-4-14-30-28(22)26/h3-4,7-14,19-21,33H,1-2,5-6,15-18H2. The van der Waals surface area contributed by atoms with Gasteiger partial charge in [0.1, 0.15) is 10.7 Å². The Morgan fingerprint density at radius 1 is 0.846 bits per heavy atom. The predicted molar refractivity (Wildman–Crippen MR) is 150 cm³/mol. The monoisotopic (exact) mass is 542 g/mol. The number of pyridine rings is 1. The van der Waals surface area contributed by atoms with Crippen LogP contribution < -0.4 is 9.62 Å². The van der Waals surface area contributed by atoms with Crippen LogP contribution in [0.4, 0.5) is 11.5 Å². The second-order valence-electron chi connectivity index (χ2n) is 10.1. The van der Waals surface area contributed by atoms with Crippen LogP contribution in [0.25, 0.3) is 10.9 Å². The van der Waals surface area contributed by atoms with E-state index in [0.29, 0.717) is 48.9 Å². The Morgan fingerprint density at radius 2 is 1.59 bits per heavy atom. The van der Waals surface area contributed by atoms with Crippen molar-refractivity contribution < 1.29 is 13.2 Å². The van der Waals surface area contributed by atoms with Gasteiger partial charge in [0.2, 0.25) is 0 Å². The van der Waals surface area contributed by atoms with Gasteiger partial charge in [0.05, 0.1) is 23.6 Å². The molecular formula is C29H30N6O3S. The Bertz CT molecular complexity index is 1570. The zero-order valence-electron chi connectivity index (χ0n) is 21.5. The molecule has 3 heterocycles. The molecule has 39 heavy (non-hydrogen) atoms. The van der Waals surface area contributed by atoms with E-state index in [4.69, 9.17) is 0 Å². The van der Waals surface area contributed by atoms with E-state index in [1.54, 1.807) is 42.6 Å². The lowest BCUT2D eigenvalue weighted by Gasteiger charge is -2.35. The first-order valence-electron chi connectivity index (χ1n) is 13.3. The average molecular weight is 543 g/mol. The maximum Gasteiger partial charge on any atom is 0.264 e. The summed E-state index contributed by atoms with van der Waals surface area (Å²) < 4.78 is 28.8. The van der Waals surface area contributed by atoms with Crippen molar-refractivity contribution >= 4 is 38.3 Å². The summed E-state index contributed by atoms with van der Waals surface area (Å²) in [4.78, 5) is 30.8. The number of benzene rings is 2. The molecule has 1 saturated heterocycles. The molecule has 6 rings (SSSR count). The van der Waals surface area contributed by atoms with Crippen molar-refractivity contribution in [2.45, 2.75) is 36.5 Å². The minimum atomic E-state index is -3.86. The molecule has 0 unspecified atom stereocenters. The molecule has 2 aromatic heterocycles. The molecule has 1 saturated carbocycles. The molecule has 0 atom stereocenters. The SMILES string of the molecule is O=C(c1ccc(NS(=O)(=O)c2cccc3cccnc23)cc1)N1CCN(c2cnc(C3CCCC3)cn2)CC1. The summed E-state index contributed by atoms with van der Waals surface area (Å²) in [7, 11) is -3.86. The largest absolute Gasteiger partial charge is 0.352 e. The highest BCUT2D eigenvalue weighted by molar-refractivity contribution is 7.93. The van der Waals surface area contributed by atoms with Gasteiger partial charge in [-0.25, -0.2) is 13.4 Å². The lowest BCUT2D eigenvalue weighted by atomic mass is 10.1. The lowest BCUT2D eigenvalue weighted by molar-refractivity contribution is 0.0746. The number of nitrogens with zero attached hydrogens (tertiary/aromatic N) is 5. The zero-order chi connectivity index (χ0) is 26.8. The van der Waals surface area contributed by atoms with E-state index < -0.39 is 10.0 Å². The molecule has 0 spiro atoms. The number of hydrogen-bond acceptors (Lipinski definition) is 7. The first kappa shape index (κ1) is 25.2. The van der Waals surface area contributed by atoms with E-state index in [2.05, 4.69) is 24.6 Å². The van der Waals surface area contributed by atoms with Gasteiger partial charge in [0, 0.05) is 54.9 Å². The second-order valence-corrected chi connectivity index (χ2v) is 11.7. The Kier molecular flexibility index (Phi) is 6.86. The molecule has 1 aliphatic carbocycles. The molecule has 2 aromatic carbocycles. The first-order chi connectivity index (χ1) is 19.0. The summed E-state index contributed by atoms with van der Waals surface area (Å²) in [5, 5.41) is 0.745. The third-order valence-electron chi connectivity index (χ3n) is 7.59. The summed E-state index contributed by atoms with van der Waals surface area (Å²) in [6.07, 6.45) is 10.3. The van der Waals surface area contributed by atoms with Crippen LogP contribution in [0.1, 0.15) is 47.7 Å². The molecule has 0 bridgehead atoms. The normalized spacial score (nSPS) is 16.5. The van der Waals surface area contributed by atoms with Crippen LogP contribution >= 0.6 is 0 Å². The van der Waals surface area contributed by atoms with Crippen molar-refractivity contribution in [1.82, 2.24) is 19.9 Å². The second kappa shape index (κ2) is 10.6. The number of para-hydroxylation sites is 1.